The van der Waals surface area contributed by atoms with E-state index in [0.29, 0.717) is 0 Å². The van der Waals surface area contributed by atoms with Gasteiger partial charge < -0.3 is 0 Å². The highest BCUT2D eigenvalue weighted by atomic mass is 14.2. The van der Waals surface area contributed by atoms with Crippen LogP contribution in [0.5, 0.6) is 0 Å². The number of rotatable bonds is 14. The smallest absolute Gasteiger partial charge is 0.00726 e. The van der Waals surface area contributed by atoms with Gasteiger partial charge in [-0.15, -0.1) is 6.58 Å². The van der Waals surface area contributed by atoms with Crippen LogP contribution in [0.4, 0.5) is 0 Å². The maximum absolute atomic E-state index is 4.06. The highest BCUT2D eigenvalue weighted by Gasteiger charge is 2.19. The number of hydrogen-bond acceptors (Lipinski definition) is 0. The number of allylic oxidation sites excluding steroid dienone is 1. The van der Waals surface area contributed by atoms with Crippen LogP contribution in [0.3, 0.4) is 0 Å². The van der Waals surface area contributed by atoms with Crippen molar-refractivity contribution in [3.63, 3.8) is 0 Å². The molecule has 0 heteroatoms. The third kappa shape index (κ3) is 6.27. The van der Waals surface area contributed by atoms with Gasteiger partial charge in [-0.3, -0.25) is 0 Å². The number of aryl methyl sites for hydroxylation is 2. The van der Waals surface area contributed by atoms with Crippen LogP contribution in [0.1, 0.15) is 95.8 Å². The molecule has 0 unspecified atom stereocenters. The molecule has 0 saturated carbocycles. The van der Waals surface area contributed by atoms with Crippen molar-refractivity contribution in [1.29, 1.82) is 0 Å². The first-order valence-electron chi connectivity index (χ1n) is 18.9. The molecule has 0 N–H and O–H groups in total. The van der Waals surface area contributed by atoms with Gasteiger partial charge >= 0.3 is 0 Å². The van der Waals surface area contributed by atoms with Crippen LogP contribution in [0.25, 0.3) is 65.3 Å². The second-order valence-electron chi connectivity index (χ2n) is 14.9. The van der Waals surface area contributed by atoms with E-state index in [9.17, 15) is 0 Å². The molecule has 7 aromatic carbocycles. The van der Waals surface area contributed by atoms with Crippen LogP contribution < -0.4 is 0 Å². The molecule has 0 aromatic heterocycles. The summed E-state index contributed by atoms with van der Waals surface area (Å²) in [4.78, 5) is 0. The number of fused-ring (bicyclic) bond motifs is 2. The van der Waals surface area contributed by atoms with Gasteiger partial charge in [-0.2, -0.15) is 0 Å². The molecule has 7 aromatic rings. The summed E-state index contributed by atoms with van der Waals surface area (Å²) in [5, 5.41) is 10.8. The standard InChI is InChI=1S/C49H52/c1-6-9-11-13-17-34-23-28-39(36(33-34)18-14-12-10-7-2)40-30-32-46-45-31-29-38(35-24-26-37(27-25-35)49(4,5)8-3)41-19-15-21-43(47(41)45)44-22-16-20-42(40)48(44)46/h8,15-16,19-33H,3,6-7,9-14,17-18H2,1-2,4-5H3. The minimum atomic E-state index is -0.0498. The number of unbranched alkanes of at least 4 members (excludes halogenated alkanes) is 6. The molecule has 0 bridgehead atoms. The Hall–Kier alpha value is -4.42. The van der Waals surface area contributed by atoms with E-state index in [2.05, 4.69) is 137 Å². The molecule has 49 heavy (non-hydrogen) atoms. The SMILES string of the molecule is C=CC(C)(C)c1ccc(-c2ccc3c4ccc(-c5ccc(CCCCCC)cc5CCCCCC)c5cccc(c6cccc2c63)c54)cc1. The van der Waals surface area contributed by atoms with E-state index >= 15 is 0 Å². The first-order chi connectivity index (χ1) is 23.9. The Bertz CT molecular complexity index is 2210. The van der Waals surface area contributed by atoms with Gasteiger partial charge in [0.1, 0.15) is 0 Å². The zero-order valence-electron chi connectivity index (χ0n) is 30.2. The van der Waals surface area contributed by atoms with Crippen LogP contribution in [0.2, 0.25) is 0 Å². The Balaban J connectivity index is 1.36. The van der Waals surface area contributed by atoms with Gasteiger partial charge in [0, 0.05) is 5.41 Å². The van der Waals surface area contributed by atoms with E-state index in [1.165, 1.54) is 140 Å². The molecule has 0 spiro atoms. The molecule has 0 aliphatic carbocycles. The first-order valence-corrected chi connectivity index (χ1v) is 18.9. The Labute approximate surface area is 294 Å². The van der Waals surface area contributed by atoms with E-state index in [1.54, 1.807) is 0 Å². The molecular formula is C49H52. The topological polar surface area (TPSA) is 0 Å². The lowest BCUT2D eigenvalue weighted by Crippen LogP contribution is -2.12. The zero-order valence-corrected chi connectivity index (χ0v) is 30.2. The minimum absolute atomic E-state index is 0.0498. The summed E-state index contributed by atoms with van der Waals surface area (Å²) in [6, 6.07) is 39.9. The van der Waals surface area contributed by atoms with Crippen LogP contribution in [-0.2, 0) is 18.3 Å². The van der Waals surface area contributed by atoms with E-state index in [4.69, 9.17) is 0 Å². The molecule has 7 rings (SSSR count). The lowest BCUT2D eigenvalue weighted by molar-refractivity contribution is 0.661. The fourth-order valence-electron chi connectivity index (χ4n) is 8.17. The molecule has 0 aliphatic heterocycles. The van der Waals surface area contributed by atoms with Crippen LogP contribution in [-0.4, -0.2) is 0 Å². The Morgan fingerprint density at radius 3 is 1.65 bits per heavy atom. The van der Waals surface area contributed by atoms with Gasteiger partial charge in [0.25, 0.3) is 0 Å². The maximum atomic E-state index is 4.06. The number of hydrogen-bond donors (Lipinski definition) is 0. The molecule has 0 fully saturated rings. The quantitative estimate of drug-likeness (QED) is 0.0480. The van der Waals surface area contributed by atoms with Crippen molar-refractivity contribution >= 4 is 43.1 Å². The zero-order chi connectivity index (χ0) is 34.0. The molecule has 0 nitrogen and oxygen atoms in total. The summed E-state index contributed by atoms with van der Waals surface area (Å²) in [6.45, 7) is 13.1. The lowest BCUT2D eigenvalue weighted by Gasteiger charge is -2.21. The van der Waals surface area contributed by atoms with Gasteiger partial charge in [-0.1, -0.05) is 175 Å². The highest BCUT2D eigenvalue weighted by molar-refractivity contribution is 6.35. The summed E-state index contributed by atoms with van der Waals surface area (Å²) < 4.78 is 0. The summed E-state index contributed by atoms with van der Waals surface area (Å²) in [5.41, 5.74) is 9.60. The highest BCUT2D eigenvalue weighted by Crippen LogP contribution is 2.45. The predicted molar refractivity (Wildman–Crippen MR) is 217 cm³/mol. The van der Waals surface area contributed by atoms with E-state index in [0.717, 1.165) is 6.42 Å². The molecule has 0 heterocycles. The predicted octanol–water partition coefficient (Wildman–Crippen LogP) is 14.8. The normalized spacial score (nSPS) is 12.2. The van der Waals surface area contributed by atoms with Crippen molar-refractivity contribution in [3.05, 3.63) is 132 Å². The molecule has 248 valence electrons. The van der Waals surface area contributed by atoms with Gasteiger partial charge in [-0.05, 0) is 108 Å². The van der Waals surface area contributed by atoms with E-state index in [1.807, 2.05) is 6.08 Å². The van der Waals surface area contributed by atoms with Crippen molar-refractivity contribution in [2.24, 2.45) is 0 Å². The molecule has 0 radical (unpaired) electrons. The van der Waals surface area contributed by atoms with Crippen molar-refractivity contribution in [2.75, 3.05) is 0 Å². The summed E-state index contributed by atoms with van der Waals surface area (Å²) >= 11 is 0. The maximum Gasteiger partial charge on any atom is 0.00726 e. The number of benzene rings is 7. The lowest BCUT2D eigenvalue weighted by atomic mass is 9.83. The van der Waals surface area contributed by atoms with Gasteiger partial charge in [-0.25, -0.2) is 0 Å². The fraction of sp³-hybridized carbons (Fsp3) is 0.306. The second kappa shape index (κ2) is 14.2. The Morgan fingerprint density at radius 2 is 1.04 bits per heavy atom. The van der Waals surface area contributed by atoms with Gasteiger partial charge in [0.05, 0.1) is 0 Å². The Morgan fingerprint density at radius 1 is 0.510 bits per heavy atom. The van der Waals surface area contributed by atoms with Crippen molar-refractivity contribution in [1.82, 2.24) is 0 Å². The monoisotopic (exact) mass is 640 g/mol. The minimum Gasteiger partial charge on any atom is -0.102 e. The van der Waals surface area contributed by atoms with Crippen molar-refractivity contribution < 1.29 is 0 Å². The molecular weight excluding hydrogens is 589 g/mol. The van der Waals surface area contributed by atoms with Gasteiger partial charge in [0.2, 0.25) is 0 Å². The summed E-state index contributed by atoms with van der Waals surface area (Å²) in [5.74, 6) is 0. The molecule has 0 aliphatic rings. The summed E-state index contributed by atoms with van der Waals surface area (Å²) in [6.07, 6.45) is 14.8. The molecule has 0 atom stereocenters. The largest absolute Gasteiger partial charge is 0.102 e. The third-order valence-corrected chi connectivity index (χ3v) is 11.2. The average molecular weight is 641 g/mol. The van der Waals surface area contributed by atoms with E-state index < -0.39 is 0 Å². The average Bonchev–Trinajstić information content (AvgIpc) is 3.14. The first kappa shape index (κ1) is 33.1. The second-order valence-corrected chi connectivity index (χ2v) is 14.9. The van der Waals surface area contributed by atoms with E-state index in [-0.39, 0.29) is 5.41 Å². The van der Waals surface area contributed by atoms with Crippen LogP contribution in [0, 0.1) is 0 Å². The summed E-state index contributed by atoms with van der Waals surface area (Å²) in [7, 11) is 0. The Kier molecular flexibility index (Phi) is 9.59. The van der Waals surface area contributed by atoms with Crippen LogP contribution in [0.15, 0.2) is 116 Å². The molecule has 0 amide bonds. The molecule has 0 saturated heterocycles. The third-order valence-electron chi connectivity index (χ3n) is 11.2. The fourth-order valence-corrected chi connectivity index (χ4v) is 8.17. The van der Waals surface area contributed by atoms with Crippen molar-refractivity contribution in [2.45, 2.75) is 97.3 Å². The van der Waals surface area contributed by atoms with Crippen LogP contribution >= 0.6 is 0 Å². The van der Waals surface area contributed by atoms with Crippen molar-refractivity contribution in [3.8, 4) is 22.3 Å². The van der Waals surface area contributed by atoms with Gasteiger partial charge in [0.15, 0.2) is 0 Å².